The molecule has 1 heterocycles. The highest BCUT2D eigenvalue weighted by atomic mass is 16.3. The van der Waals surface area contributed by atoms with Crippen LogP contribution in [0.2, 0.25) is 0 Å². The second kappa shape index (κ2) is 4.68. The van der Waals surface area contributed by atoms with Gasteiger partial charge in [0.1, 0.15) is 11.8 Å². The monoisotopic (exact) mass is 248 g/mol. The third-order valence-electron chi connectivity index (χ3n) is 3.11. The van der Waals surface area contributed by atoms with Crippen LogP contribution in [0.5, 0.6) is 5.75 Å². The molecule has 2 amide bonds. The standard InChI is InChI=1S/C13H16N2O3/c1-7-6-11(16)8(2)5-10(7)15-13(18)9-3-4-12(17)14-9/h5-6,9,16H,3-4H2,1-2H3,(H,14,17)(H,15,18)/t9-/m1/s1. The molecule has 0 saturated carbocycles. The average Bonchev–Trinajstić information content (AvgIpc) is 2.73. The molecule has 0 bridgehead atoms. The summed E-state index contributed by atoms with van der Waals surface area (Å²) in [5.74, 6) is -0.0949. The Bertz CT molecular complexity index is 511. The lowest BCUT2D eigenvalue weighted by Crippen LogP contribution is -2.37. The molecular weight excluding hydrogens is 232 g/mol. The number of anilines is 1. The molecule has 3 N–H and O–H groups in total. The Balaban J connectivity index is 2.12. The van der Waals surface area contributed by atoms with E-state index in [4.69, 9.17) is 0 Å². The minimum Gasteiger partial charge on any atom is -0.508 e. The lowest BCUT2D eigenvalue weighted by atomic mass is 10.1. The molecule has 2 rings (SSSR count). The van der Waals surface area contributed by atoms with Crippen LogP contribution in [0.3, 0.4) is 0 Å². The quantitative estimate of drug-likeness (QED) is 0.689. The summed E-state index contributed by atoms with van der Waals surface area (Å²) >= 11 is 0. The number of aromatic hydroxyl groups is 1. The summed E-state index contributed by atoms with van der Waals surface area (Å²) < 4.78 is 0. The highest BCUT2D eigenvalue weighted by Crippen LogP contribution is 2.25. The Hall–Kier alpha value is -2.04. The van der Waals surface area contributed by atoms with Crippen LogP contribution in [0, 0.1) is 13.8 Å². The minimum atomic E-state index is -0.453. The van der Waals surface area contributed by atoms with Gasteiger partial charge in [0.05, 0.1) is 0 Å². The van der Waals surface area contributed by atoms with Crippen molar-refractivity contribution < 1.29 is 14.7 Å². The van der Waals surface area contributed by atoms with E-state index in [2.05, 4.69) is 10.6 Å². The number of hydrogen-bond donors (Lipinski definition) is 3. The smallest absolute Gasteiger partial charge is 0.246 e. The zero-order chi connectivity index (χ0) is 13.3. The van der Waals surface area contributed by atoms with Gasteiger partial charge in [-0.3, -0.25) is 9.59 Å². The Morgan fingerprint density at radius 2 is 2.11 bits per heavy atom. The summed E-state index contributed by atoms with van der Waals surface area (Å²) in [4.78, 5) is 23.0. The van der Waals surface area contributed by atoms with Gasteiger partial charge < -0.3 is 15.7 Å². The second-order valence-corrected chi connectivity index (χ2v) is 4.60. The molecule has 0 unspecified atom stereocenters. The molecule has 5 nitrogen and oxygen atoms in total. The summed E-state index contributed by atoms with van der Waals surface area (Å²) in [6.07, 6.45) is 0.923. The number of carbonyl (C=O) groups excluding carboxylic acids is 2. The van der Waals surface area contributed by atoms with E-state index in [1.54, 1.807) is 19.1 Å². The number of aryl methyl sites for hydroxylation is 2. The van der Waals surface area contributed by atoms with Crippen molar-refractivity contribution in [2.24, 2.45) is 0 Å². The number of benzene rings is 1. The van der Waals surface area contributed by atoms with Gasteiger partial charge in [-0.25, -0.2) is 0 Å². The highest BCUT2D eigenvalue weighted by Gasteiger charge is 2.27. The molecule has 1 aromatic rings. The SMILES string of the molecule is Cc1cc(NC(=O)[C@H]2CCC(=O)N2)c(C)cc1O. The van der Waals surface area contributed by atoms with E-state index in [-0.39, 0.29) is 17.6 Å². The number of phenols is 1. The average molecular weight is 248 g/mol. The first kappa shape index (κ1) is 12.4. The normalized spacial score (nSPS) is 18.6. The maximum absolute atomic E-state index is 11.9. The van der Waals surface area contributed by atoms with E-state index in [1.807, 2.05) is 6.92 Å². The molecule has 1 atom stereocenters. The fourth-order valence-corrected chi connectivity index (χ4v) is 1.97. The van der Waals surface area contributed by atoms with Crippen molar-refractivity contribution in [2.45, 2.75) is 32.7 Å². The van der Waals surface area contributed by atoms with Gasteiger partial charge in [0.15, 0.2) is 0 Å². The lowest BCUT2D eigenvalue weighted by molar-refractivity contribution is -0.122. The van der Waals surface area contributed by atoms with E-state index < -0.39 is 6.04 Å². The Labute approximate surface area is 105 Å². The van der Waals surface area contributed by atoms with Crippen molar-refractivity contribution in [3.05, 3.63) is 23.3 Å². The predicted octanol–water partition coefficient (Wildman–Crippen LogP) is 1.23. The highest BCUT2D eigenvalue weighted by molar-refractivity contribution is 5.99. The van der Waals surface area contributed by atoms with Crippen LogP contribution < -0.4 is 10.6 Å². The molecular formula is C13H16N2O3. The van der Waals surface area contributed by atoms with Crippen LogP contribution in [0.15, 0.2) is 12.1 Å². The van der Waals surface area contributed by atoms with Gasteiger partial charge in [0.25, 0.3) is 0 Å². The molecule has 0 aromatic heterocycles. The number of phenolic OH excluding ortho intramolecular Hbond substituents is 1. The number of nitrogens with one attached hydrogen (secondary N) is 2. The van der Waals surface area contributed by atoms with Gasteiger partial charge in [-0.1, -0.05) is 0 Å². The fraction of sp³-hybridized carbons (Fsp3) is 0.385. The first-order valence-electron chi connectivity index (χ1n) is 5.88. The first-order valence-corrected chi connectivity index (χ1v) is 5.88. The van der Waals surface area contributed by atoms with Crippen LogP contribution in [-0.2, 0) is 9.59 Å². The number of amides is 2. The molecule has 1 saturated heterocycles. The van der Waals surface area contributed by atoms with Crippen molar-refractivity contribution in [1.82, 2.24) is 5.32 Å². The van der Waals surface area contributed by atoms with Crippen LogP contribution in [-0.4, -0.2) is 23.0 Å². The fourth-order valence-electron chi connectivity index (χ4n) is 1.97. The molecule has 96 valence electrons. The van der Waals surface area contributed by atoms with Gasteiger partial charge in [-0.2, -0.15) is 0 Å². The molecule has 0 spiro atoms. The topological polar surface area (TPSA) is 78.4 Å². The minimum absolute atomic E-state index is 0.0891. The molecule has 5 heteroatoms. The van der Waals surface area contributed by atoms with Crippen molar-refractivity contribution in [3.8, 4) is 5.75 Å². The maximum Gasteiger partial charge on any atom is 0.246 e. The first-order chi connectivity index (χ1) is 8.47. The van der Waals surface area contributed by atoms with Gasteiger partial charge in [0, 0.05) is 12.1 Å². The van der Waals surface area contributed by atoms with Gasteiger partial charge in [0.2, 0.25) is 11.8 Å². The molecule has 0 aliphatic carbocycles. The summed E-state index contributed by atoms with van der Waals surface area (Å²) in [6, 6.07) is 2.88. The Morgan fingerprint density at radius 3 is 2.72 bits per heavy atom. The van der Waals surface area contributed by atoms with Crippen LogP contribution in [0.4, 0.5) is 5.69 Å². The van der Waals surface area contributed by atoms with Crippen molar-refractivity contribution >= 4 is 17.5 Å². The van der Waals surface area contributed by atoms with Gasteiger partial charge >= 0.3 is 0 Å². The van der Waals surface area contributed by atoms with Crippen LogP contribution >= 0.6 is 0 Å². The molecule has 0 radical (unpaired) electrons. The molecule has 1 aliphatic heterocycles. The Kier molecular flexibility index (Phi) is 3.23. The molecule has 1 aromatic carbocycles. The van der Waals surface area contributed by atoms with E-state index in [9.17, 15) is 14.7 Å². The number of carbonyl (C=O) groups is 2. The Morgan fingerprint density at radius 1 is 1.39 bits per heavy atom. The van der Waals surface area contributed by atoms with Crippen molar-refractivity contribution in [2.75, 3.05) is 5.32 Å². The van der Waals surface area contributed by atoms with E-state index >= 15 is 0 Å². The summed E-state index contributed by atoms with van der Waals surface area (Å²) in [5, 5.41) is 14.9. The summed E-state index contributed by atoms with van der Waals surface area (Å²) in [7, 11) is 0. The van der Waals surface area contributed by atoms with Crippen LogP contribution in [0.1, 0.15) is 24.0 Å². The van der Waals surface area contributed by atoms with Crippen LogP contribution in [0.25, 0.3) is 0 Å². The van der Waals surface area contributed by atoms with E-state index in [0.717, 1.165) is 5.56 Å². The van der Waals surface area contributed by atoms with Gasteiger partial charge in [-0.15, -0.1) is 0 Å². The number of rotatable bonds is 2. The molecule has 1 fully saturated rings. The maximum atomic E-state index is 11.9. The third-order valence-corrected chi connectivity index (χ3v) is 3.11. The molecule has 1 aliphatic rings. The predicted molar refractivity (Wildman–Crippen MR) is 67.4 cm³/mol. The second-order valence-electron chi connectivity index (χ2n) is 4.60. The zero-order valence-corrected chi connectivity index (χ0v) is 10.4. The summed E-state index contributed by atoms with van der Waals surface area (Å²) in [6.45, 7) is 3.57. The van der Waals surface area contributed by atoms with Crippen molar-refractivity contribution in [1.29, 1.82) is 0 Å². The molecule has 18 heavy (non-hydrogen) atoms. The van der Waals surface area contributed by atoms with E-state index in [0.29, 0.717) is 24.1 Å². The largest absolute Gasteiger partial charge is 0.508 e. The zero-order valence-electron chi connectivity index (χ0n) is 10.4. The van der Waals surface area contributed by atoms with Crippen molar-refractivity contribution in [3.63, 3.8) is 0 Å². The third kappa shape index (κ3) is 2.45. The van der Waals surface area contributed by atoms with E-state index in [1.165, 1.54) is 0 Å². The number of hydrogen-bond acceptors (Lipinski definition) is 3. The lowest BCUT2D eigenvalue weighted by Gasteiger charge is -2.14. The summed E-state index contributed by atoms with van der Waals surface area (Å²) in [5.41, 5.74) is 2.15. The van der Waals surface area contributed by atoms with Gasteiger partial charge in [-0.05, 0) is 43.5 Å².